The van der Waals surface area contributed by atoms with E-state index >= 15 is 0 Å². The highest BCUT2D eigenvalue weighted by Gasteiger charge is 2.43. The van der Waals surface area contributed by atoms with Gasteiger partial charge in [-0.25, -0.2) is 4.99 Å². The van der Waals surface area contributed by atoms with Crippen molar-refractivity contribution in [2.75, 3.05) is 4.90 Å². The molecule has 2 aliphatic rings. The van der Waals surface area contributed by atoms with Gasteiger partial charge in [-0.1, -0.05) is 36.8 Å². The lowest BCUT2D eigenvalue weighted by atomic mass is 9.81. The molecular formula is C25H29N3O2. The third-order valence-electron chi connectivity index (χ3n) is 6.18. The summed E-state index contributed by atoms with van der Waals surface area (Å²) in [5.74, 6) is 0.428. The first kappa shape index (κ1) is 20.2. The fourth-order valence-electron chi connectivity index (χ4n) is 4.38. The standard InChI is InChI=1S/C25H29N3O2/c1-18-13-21(27-23-15-24(26)30-25(23)11-7-4-8-12-25)22(14-19(18)2)28(17-29)16-20-9-5-3-6-10-20/h3,5-6,9-10,13-15,17H,4,7-8,11-12,16,26H2,1-2H3. The number of amides is 1. The Bertz CT molecular complexity index is 989. The van der Waals surface area contributed by atoms with Gasteiger partial charge in [0.1, 0.15) is 0 Å². The van der Waals surface area contributed by atoms with Gasteiger partial charge < -0.3 is 15.4 Å². The van der Waals surface area contributed by atoms with Gasteiger partial charge in [0.15, 0.2) is 11.5 Å². The highest BCUT2D eigenvalue weighted by molar-refractivity contribution is 6.06. The molecule has 0 unspecified atom stereocenters. The number of ether oxygens (including phenoxy) is 1. The number of anilines is 1. The fraction of sp³-hybridized carbons (Fsp3) is 0.360. The summed E-state index contributed by atoms with van der Waals surface area (Å²) in [7, 11) is 0. The molecular weight excluding hydrogens is 374 g/mol. The molecule has 5 heteroatoms. The van der Waals surface area contributed by atoms with Gasteiger partial charge in [-0.05, 0) is 68.4 Å². The van der Waals surface area contributed by atoms with Gasteiger partial charge in [0.2, 0.25) is 6.41 Å². The van der Waals surface area contributed by atoms with E-state index in [1.165, 1.54) is 6.42 Å². The van der Waals surface area contributed by atoms with Crippen LogP contribution in [0.15, 0.2) is 59.4 Å². The minimum Gasteiger partial charge on any atom is -0.466 e. The maximum atomic E-state index is 12.1. The predicted molar refractivity (Wildman–Crippen MR) is 121 cm³/mol. The molecule has 156 valence electrons. The van der Waals surface area contributed by atoms with Crippen LogP contribution in [0.3, 0.4) is 0 Å². The van der Waals surface area contributed by atoms with Gasteiger partial charge in [0, 0.05) is 6.08 Å². The Kier molecular flexibility index (Phi) is 5.62. The van der Waals surface area contributed by atoms with E-state index in [1.807, 2.05) is 42.5 Å². The van der Waals surface area contributed by atoms with Crippen molar-refractivity contribution in [3.8, 4) is 0 Å². The van der Waals surface area contributed by atoms with Crippen molar-refractivity contribution in [1.29, 1.82) is 0 Å². The zero-order valence-corrected chi connectivity index (χ0v) is 17.7. The van der Waals surface area contributed by atoms with E-state index in [4.69, 9.17) is 15.5 Å². The van der Waals surface area contributed by atoms with Crippen molar-refractivity contribution >= 4 is 23.5 Å². The lowest BCUT2D eigenvalue weighted by molar-refractivity contribution is -0.107. The predicted octanol–water partition coefficient (Wildman–Crippen LogP) is 5.07. The summed E-state index contributed by atoms with van der Waals surface area (Å²) in [6.07, 6.45) is 8.00. The Morgan fingerprint density at radius 2 is 1.80 bits per heavy atom. The molecule has 0 radical (unpaired) electrons. The number of nitrogens with zero attached hydrogens (tertiary/aromatic N) is 2. The van der Waals surface area contributed by atoms with Gasteiger partial charge in [-0.3, -0.25) is 4.79 Å². The molecule has 30 heavy (non-hydrogen) atoms. The minimum absolute atomic E-state index is 0.427. The van der Waals surface area contributed by atoms with E-state index < -0.39 is 5.60 Å². The number of aryl methyl sites for hydroxylation is 2. The molecule has 2 aromatic carbocycles. The van der Waals surface area contributed by atoms with Crippen LogP contribution in [0.2, 0.25) is 0 Å². The number of hydrogen-bond donors (Lipinski definition) is 1. The lowest BCUT2D eigenvalue weighted by Crippen LogP contribution is -2.39. The molecule has 1 amide bonds. The molecule has 1 spiro atoms. The topological polar surface area (TPSA) is 67.9 Å². The lowest BCUT2D eigenvalue weighted by Gasteiger charge is -2.33. The molecule has 0 bridgehead atoms. The number of carbonyl (C=O) groups excluding carboxylic acids is 1. The van der Waals surface area contributed by atoms with E-state index in [2.05, 4.69) is 19.9 Å². The Labute approximate surface area is 178 Å². The molecule has 0 saturated heterocycles. The second-order valence-electron chi connectivity index (χ2n) is 8.34. The van der Waals surface area contributed by atoms with Crippen molar-refractivity contribution in [1.82, 2.24) is 0 Å². The van der Waals surface area contributed by atoms with Crippen molar-refractivity contribution in [3.05, 3.63) is 71.1 Å². The maximum absolute atomic E-state index is 12.1. The summed E-state index contributed by atoms with van der Waals surface area (Å²) in [6.45, 7) is 4.61. The molecule has 1 heterocycles. The third-order valence-corrected chi connectivity index (χ3v) is 6.18. The van der Waals surface area contributed by atoms with Crippen molar-refractivity contribution < 1.29 is 9.53 Å². The summed E-state index contributed by atoms with van der Waals surface area (Å²) in [5.41, 5.74) is 11.4. The summed E-state index contributed by atoms with van der Waals surface area (Å²) in [6, 6.07) is 14.1. The van der Waals surface area contributed by atoms with Gasteiger partial charge >= 0.3 is 0 Å². The van der Waals surface area contributed by atoms with Crippen LogP contribution in [0.5, 0.6) is 0 Å². The molecule has 1 aliphatic heterocycles. The van der Waals surface area contributed by atoms with Crippen LogP contribution in [0.25, 0.3) is 0 Å². The molecule has 5 nitrogen and oxygen atoms in total. The Morgan fingerprint density at radius 3 is 2.50 bits per heavy atom. The van der Waals surface area contributed by atoms with E-state index in [-0.39, 0.29) is 0 Å². The second-order valence-corrected chi connectivity index (χ2v) is 8.34. The number of rotatable bonds is 5. The molecule has 2 aromatic rings. The zero-order chi connectivity index (χ0) is 21.1. The van der Waals surface area contributed by atoms with Crippen LogP contribution in [0.1, 0.15) is 48.8 Å². The van der Waals surface area contributed by atoms with Gasteiger partial charge in [0.05, 0.1) is 23.6 Å². The average molecular weight is 404 g/mol. The average Bonchev–Trinajstić information content (AvgIpc) is 3.04. The molecule has 1 aliphatic carbocycles. The smallest absolute Gasteiger partial charge is 0.214 e. The SMILES string of the molecule is Cc1cc(N=C2C=C(N)OC23CCCCC3)c(N(C=O)Cc2ccccc2)cc1C. The number of hydrogen-bond acceptors (Lipinski definition) is 4. The van der Waals surface area contributed by atoms with E-state index in [9.17, 15) is 4.79 Å². The first-order valence-corrected chi connectivity index (χ1v) is 10.6. The van der Waals surface area contributed by atoms with Crippen molar-refractivity contribution in [3.63, 3.8) is 0 Å². The Hall–Kier alpha value is -3.08. The highest BCUT2D eigenvalue weighted by Crippen LogP contribution is 2.41. The number of aliphatic imine (C=N–C) groups is 1. The Balaban J connectivity index is 1.77. The first-order chi connectivity index (χ1) is 14.5. The summed E-state index contributed by atoms with van der Waals surface area (Å²) >= 11 is 0. The van der Waals surface area contributed by atoms with Gasteiger partial charge in [0.25, 0.3) is 0 Å². The van der Waals surface area contributed by atoms with Gasteiger partial charge in [-0.15, -0.1) is 0 Å². The normalized spacial score (nSPS) is 18.9. The monoisotopic (exact) mass is 403 g/mol. The van der Waals surface area contributed by atoms with Crippen LogP contribution in [-0.2, 0) is 16.1 Å². The summed E-state index contributed by atoms with van der Waals surface area (Å²) in [4.78, 5) is 18.8. The number of nitrogens with two attached hydrogens (primary N) is 1. The van der Waals surface area contributed by atoms with Crippen molar-refractivity contribution in [2.24, 2.45) is 10.7 Å². The highest BCUT2D eigenvalue weighted by atomic mass is 16.5. The molecule has 0 aromatic heterocycles. The minimum atomic E-state index is -0.427. The molecule has 2 N–H and O–H groups in total. The fourth-order valence-corrected chi connectivity index (χ4v) is 4.38. The molecule has 1 saturated carbocycles. The number of carbonyl (C=O) groups is 1. The molecule has 4 rings (SSSR count). The van der Waals surface area contributed by atoms with Crippen LogP contribution in [-0.4, -0.2) is 17.7 Å². The molecule has 1 fully saturated rings. The molecule has 0 atom stereocenters. The van der Waals surface area contributed by atoms with E-state index in [0.29, 0.717) is 12.4 Å². The Morgan fingerprint density at radius 1 is 1.10 bits per heavy atom. The van der Waals surface area contributed by atoms with Crippen LogP contribution >= 0.6 is 0 Å². The van der Waals surface area contributed by atoms with Crippen LogP contribution < -0.4 is 10.6 Å². The van der Waals surface area contributed by atoms with Gasteiger partial charge in [-0.2, -0.15) is 0 Å². The van der Waals surface area contributed by atoms with E-state index in [1.54, 1.807) is 4.90 Å². The first-order valence-electron chi connectivity index (χ1n) is 10.6. The van der Waals surface area contributed by atoms with Crippen molar-refractivity contribution in [2.45, 2.75) is 58.1 Å². The summed E-state index contributed by atoms with van der Waals surface area (Å²) in [5, 5.41) is 0. The van der Waals surface area contributed by atoms with E-state index in [0.717, 1.165) is 65.9 Å². The van der Waals surface area contributed by atoms with Crippen LogP contribution in [0.4, 0.5) is 11.4 Å². The van der Waals surface area contributed by atoms with Crippen LogP contribution in [0, 0.1) is 13.8 Å². The summed E-state index contributed by atoms with van der Waals surface area (Å²) < 4.78 is 6.08. The second kappa shape index (κ2) is 8.34. The quantitative estimate of drug-likeness (QED) is 0.709. The largest absolute Gasteiger partial charge is 0.466 e. The maximum Gasteiger partial charge on any atom is 0.214 e. The zero-order valence-electron chi connectivity index (χ0n) is 17.7. The number of benzene rings is 2. The third kappa shape index (κ3) is 3.97.